The fraction of sp³-hybridized carbons (Fsp3) is 0.108. The summed E-state index contributed by atoms with van der Waals surface area (Å²) in [6.45, 7) is 17.3. The molecular formula is C37H39HfNOP-3. The molecule has 0 radical (unpaired) electrons. The molecule has 5 aromatic carbocycles. The Morgan fingerprint density at radius 1 is 0.488 bits per heavy atom. The van der Waals surface area contributed by atoms with E-state index in [1.807, 2.05) is 148 Å². The zero-order valence-corrected chi connectivity index (χ0v) is 28.7. The minimum absolute atomic E-state index is 0. The second-order valence-corrected chi connectivity index (χ2v) is 12.7. The van der Waals surface area contributed by atoms with Gasteiger partial charge in [0, 0.05) is 25.8 Å². The summed E-state index contributed by atoms with van der Waals surface area (Å²) in [6.07, 6.45) is 0. The summed E-state index contributed by atoms with van der Waals surface area (Å²) in [6, 6.07) is 45.8. The van der Waals surface area contributed by atoms with Crippen molar-refractivity contribution in [3.63, 3.8) is 0 Å². The molecule has 210 valence electrons. The van der Waals surface area contributed by atoms with Crippen LogP contribution < -0.4 is 10.6 Å². The van der Waals surface area contributed by atoms with Crippen molar-refractivity contribution in [1.82, 2.24) is 0 Å². The molecule has 0 atom stereocenters. The third kappa shape index (κ3) is 10.6. The predicted molar refractivity (Wildman–Crippen MR) is 176 cm³/mol. The van der Waals surface area contributed by atoms with E-state index in [0.717, 1.165) is 38.4 Å². The molecule has 6 rings (SSSR count). The summed E-state index contributed by atoms with van der Waals surface area (Å²) >= 11 is 0. The molecular weight excluding hydrogens is 684 g/mol. The van der Waals surface area contributed by atoms with Gasteiger partial charge < -0.3 is 9.65 Å². The number of rotatable bonds is 1. The first-order valence-corrected chi connectivity index (χ1v) is 15.0. The molecule has 0 amide bonds. The molecule has 0 saturated heterocycles. The molecule has 0 aromatic heterocycles. The summed E-state index contributed by atoms with van der Waals surface area (Å²) in [5, 5.41) is 6.77. The predicted octanol–water partition coefficient (Wildman–Crippen LogP) is 9.61. The van der Waals surface area contributed by atoms with Crippen molar-refractivity contribution in [1.29, 1.82) is 0 Å². The van der Waals surface area contributed by atoms with Crippen LogP contribution in [0.3, 0.4) is 0 Å². The Labute approximate surface area is 266 Å². The third-order valence-electron chi connectivity index (χ3n) is 5.74. The van der Waals surface area contributed by atoms with Crippen LogP contribution in [0.2, 0.25) is 0 Å². The molecule has 1 heterocycles. The molecule has 0 aliphatic carbocycles. The number of hydrogen-bond acceptors (Lipinski definition) is 0. The van der Waals surface area contributed by atoms with E-state index in [9.17, 15) is 4.57 Å². The van der Waals surface area contributed by atoms with E-state index in [1.54, 1.807) is 0 Å². The van der Waals surface area contributed by atoms with Gasteiger partial charge in [-0.15, -0.1) is 41.9 Å². The van der Waals surface area contributed by atoms with Crippen molar-refractivity contribution in [2.45, 2.75) is 26.3 Å². The quantitative estimate of drug-likeness (QED) is 0.0716. The second kappa shape index (κ2) is 16.3. The van der Waals surface area contributed by atoms with Crippen molar-refractivity contribution in [3.8, 4) is 11.1 Å². The first-order valence-electron chi connectivity index (χ1n) is 13.3. The van der Waals surface area contributed by atoms with E-state index < -0.39 is 7.29 Å². The van der Waals surface area contributed by atoms with Crippen molar-refractivity contribution in [2.75, 3.05) is 0 Å². The van der Waals surface area contributed by atoms with Gasteiger partial charge in [-0.25, -0.2) is 0 Å². The Balaban J connectivity index is 0.000000220. The molecule has 0 unspecified atom stereocenters. The van der Waals surface area contributed by atoms with Gasteiger partial charge in [-0.3, -0.25) is 0 Å². The number of nitrogens with zero attached hydrogens (tertiary/aromatic N) is 1. The first-order chi connectivity index (χ1) is 19.1. The standard InChI is InChI=1S/C16H17NOP.3C7H7.Hf/c1-16(2,3)17-19(18)14-10-6-4-8-12(14)13-9-5-7-11-15(13)19;3*1-7-5-3-2-4-6-7;/h4-11H,1-3H3;3*2-6H,1H2;/q4*-1;/p+1. The third-order valence-corrected chi connectivity index (χ3v) is 8.76. The van der Waals surface area contributed by atoms with E-state index in [2.05, 4.69) is 32.9 Å². The molecule has 41 heavy (non-hydrogen) atoms. The van der Waals surface area contributed by atoms with Gasteiger partial charge in [-0.05, 0) is 23.3 Å². The van der Waals surface area contributed by atoms with Crippen LogP contribution in [-0.2, 0) is 25.8 Å². The number of fused-ring (bicyclic) bond motifs is 3. The molecule has 4 heteroatoms. The minimum Gasteiger partial charge on any atom is -0.544 e. The largest absolute Gasteiger partial charge is 0.544 e. The summed E-state index contributed by atoms with van der Waals surface area (Å²) in [5.74, 6) is 0. The molecule has 0 spiro atoms. The molecule has 1 N–H and O–H groups in total. The van der Waals surface area contributed by atoms with Gasteiger partial charge in [-0.1, -0.05) is 75.4 Å². The van der Waals surface area contributed by atoms with Gasteiger partial charge in [0.25, 0.3) is 0 Å². The number of benzene rings is 5. The second-order valence-electron chi connectivity index (χ2n) is 10.4. The maximum absolute atomic E-state index is 11.3. The first kappa shape index (κ1) is 34.0. The fourth-order valence-corrected chi connectivity index (χ4v) is 7.05. The van der Waals surface area contributed by atoms with Crippen LogP contribution in [0.25, 0.3) is 16.2 Å². The zero-order valence-electron chi connectivity index (χ0n) is 24.2. The van der Waals surface area contributed by atoms with Crippen molar-refractivity contribution in [2.24, 2.45) is 0 Å². The fourth-order valence-electron chi connectivity index (χ4n) is 4.05. The van der Waals surface area contributed by atoms with Crippen molar-refractivity contribution >= 4 is 17.9 Å². The summed E-state index contributed by atoms with van der Waals surface area (Å²) in [5.41, 5.74) is 5.21. The van der Waals surface area contributed by atoms with Gasteiger partial charge in [0.15, 0.2) is 0 Å². The van der Waals surface area contributed by atoms with Crippen molar-refractivity contribution < 1.29 is 30.4 Å². The Morgan fingerprint density at radius 2 is 0.756 bits per heavy atom. The summed E-state index contributed by atoms with van der Waals surface area (Å²) in [4.78, 5) is 0. The molecule has 0 fully saturated rings. The normalized spacial score (nSPS) is 11.8. The van der Waals surface area contributed by atoms with Gasteiger partial charge in [0.1, 0.15) is 0 Å². The van der Waals surface area contributed by atoms with E-state index in [-0.39, 0.29) is 31.4 Å². The van der Waals surface area contributed by atoms with E-state index in [4.69, 9.17) is 5.09 Å². The minimum atomic E-state index is -2.60. The average molecular weight is 723 g/mol. The van der Waals surface area contributed by atoms with Gasteiger partial charge in [0.2, 0.25) is 7.29 Å². The molecule has 1 aliphatic rings. The Morgan fingerprint density at radius 3 is 1.00 bits per heavy atom. The van der Waals surface area contributed by atoms with E-state index in [0.29, 0.717) is 0 Å². The Kier molecular flexibility index (Phi) is 13.5. The molecule has 0 bridgehead atoms. The van der Waals surface area contributed by atoms with Gasteiger partial charge in [-0.2, -0.15) is 73.9 Å². The Bertz CT molecular complexity index is 1360. The van der Waals surface area contributed by atoms with E-state index in [1.165, 1.54) is 0 Å². The molecule has 2 nitrogen and oxygen atoms in total. The summed E-state index contributed by atoms with van der Waals surface area (Å²) in [7, 11) is -2.60. The van der Waals surface area contributed by atoms with Gasteiger partial charge >= 0.3 is 0 Å². The molecule has 5 aromatic rings. The average Bonchev–Trinajstić information content (AvgIpc) is 3.18. The van der Waals surface area contributed by atoms with Crippen LogP contribution in [0.5, 0.6) is 0 Å². The van der Waals surface area contributed by atoms with Crippen LogP contribution >= 0.6 is 7.29 Å². The zero-order chi connectivity index (χ0) is 29.0. The monoisotopic (exact) mass is 724 g/mol. The van der Waals surface area contributed by atoms with Crippen LogP contribution in [0.4, 0.5) is 0 Å². The van der Waals surface area contributed by atoms with Crippen LogP contribution in [-0.4, -0.2) is 10.1 Å². The SMILES string of the molecule is CC(C)(C)[N-]P1(=[OH+])c2ccccc2-c2ccccc21.[CH2-]c1ccccc1.[CH2-]c1ccccc1.[CH2-]c1ccccc1.[Hf]. The molecule has 0 saturated carbocycles. The topological polar surface area (TPSA) is 35.5 Å². The summed E-state index contributed by atoms with van der Waals surface area (Å²) < 4.78 is 11.3. The Hall–Kier alpha value is -3.23. The van der Waals surface area contributed by atoms with E-state index >= 15 is 0 Å². The smallest absolute Gasteiger partial charge is 0.210 e. The molecule has 1 aliphatic heterocycles. The van der Waals surface area contributed by atoms with Crippen LogP contribution in [0.15, 0.2) is 140 Å². The number of hydrogen-bond donors (Lipinski definition) is 0. The van der Waals surface area contributed by atoms with Crippen LogP contribution in [0, 0.1) is 20.8 Å². The maximum Gasteiger partial charge on any atom is 0.210 e. The van der Waals surface area contributed by atoms with Crippen LogP contribution in [0.1, 0.15) is 37.5 Å². The van der Waals surface area contributed by atoms with Crippen molar-refractivity contribution in [3.05, 3.63) is 182 Å². The van der Waals surface area contributed by atoms with Gasteiger partial charge in [0.05, 0.1) is 10.6 Å². The maximum atomic E-state index is 11.3.